The van der Waals surface area contributed by atoms with Gasteiger partial charge in [-0.2, -0.15) is 0 Å². The number of rotatable bonds is 8. The second kappa shape index (κ2) is 7.73. The smallest absolute Gasteiger partial charge is 0.226 e. The highest BCUT2D eigenvalue weighted by atomic mass is 16.2. The molecule has 0 aromatic carbocycles. The largest absolute Gasteiger partial charge is 0.356 e. The van der Waals surface area contributed by atoms with Crippen molar-refractivity contribution in [3.8, 4) is 0 Å². The van der Waals surface area contributed by atoms with Gasteiger partial charge in [0.2, 0.25) is 5.91 Å². The van der Waals surface area contributed by atoms with Crippen LogP contribution in [-0.4, -0.2) is 12.5 Å². The lowest BCUT2D eigenvalue weighted by molar-refractivity contribution is -0.135. The fourth-order valence-corrected chi connectivity index (χ4v) is 2.14. The summed E-state index contributed by atoms with van der Waals surface area (Å²) < 4.78 is 0. The summed E-state index contributed by atoms with van der Waals surface area (Å²) in [5.41, 5.74) is -0.245. The highest BCUT2D eigenvalue weighted by Gasteiger charge is 2.39. The zero-order chi connectivity index (χ0) is 13.5. The van der Waals surface area contributed by atoms with Gasteiger partial charge in [0, 0.05) is 6.54 Å². The van der Waals surface area contributed by atoms with E-state index in [-0.39, 0.29) is 11.3 Å². The average molecular weight is 241 g/mol. The number of unbranched alkanes of at least 4 members (excludes halogenated alkanes) is 3. The Morgan fingerprint density at radius 2 is 1.59 bits per heavy atom. The highest BCUT2D eigenvalue weighted by Crippen LogP contribution is 2.35. The van der Waals surface area contributed by atoms with Gasteiger partial charge in [-0.3, -0.25) is 4.79 Å². The Hall–Kier alpha value is -0.530. The average Bonchev–Trinajstić information content (AvgIpc) is 2.26. The van der Waals surface area contributed by atoms with Crippen LogP contribution in [0.1, 0.15) is 67.2 Å². The highest BCUT2D eigenvalue weighted by molar-refractivity contribution is 5.82. The summed E-state index contributed by atoms with van der Waals surface area (Å²) in [4.78, 5) is 12.3. The minimum Gasteiger partial charge on any atom is -0.356 e. The summed E-state index contributed by atoms with van der Waals surface area (Å²) in [5.74, 6) is 0.968. The van der Waals surface area contributed by atoms with E-state index in [1.165, 1.54) is 19.3 Å². The van der Waals surface area contributed by atoms with Crippen molar-refractivity contribution in [2.24, 2.45) is 17.3 Å². The van der Waals surface area contributed by atoms with E-state index in [1.807, 2.05) is 0 Å². The summed E-state index contributed by atoms with van der Waals surface area (Å²) in [5, 5.41) is 3.11. The molecule has 0 saturated carbocycles. The summed E-state index contributed by atoms with van der Waals surface area (Å²) in [6.07, 6.45) is 4.83. The molecule has 0 radical (unpaired) electrons. The normalized spacial score (nSPS) is 12.2. The molecule has 17 heavy (non-hydrogen) atoms. The lowest BCUT2D eigenvalue weighted by Crippen LogP contribution is -2.46. The lowest BCUT2D eigenvalue weighted by atomic mass is 9.70. The number of amides is 1. The van der Waals surface area contributed by atoms with Gasteiger partial charge in [0.05, 0.1) is 5.41 Å². The van der Waals surface area contributed by atoms with Crippen molar-refractivity contribution in [1.29, 1.82) is 0 Å². The van der Waals surface area contributed by atoms with Crippen LogP contribution in [0, 0.1) is 17.3 Å². The molecule has 0 aliphatic carbocycles. The van der Waals surface area contributed by atoms with Crippen molar-refractivity contribution in [3.05, 3.63) is 0 Å². The summed E-state index contributed by atoms with van der Waals surface area (Å²) in [7, 11) is 0. The van der Waals surface area contributed by atoms with E-state index in [1.54, 1.807) is 0 Å². The van der Waals surface area contributed by atoms with E-state index in [2.05, 4.69) is 46.9 Å². The molecule has 0 bridgehead atoms. The molecular weight excluding hydrogens is 210 g/mol. The van der Waals surface area contributed by atoms with Crippen LogP contribution in [0.3, 0.4) is 0 Å². The number of carbonyl (C=O) groups excluding carboxylic acids is 1. The van der Waals surface area contributed by atoms with Crippen molar-refractivity contribution < 1.29 is 4.79 Å². The summed E-state index contributed by atoms with van der Waals surface area (Å²) in [6, 6.07) is 0. The van der Waals surface area contributed by atoms with E-state index >= 15 is 0 Å². The molecule has 0 saturated heterocycles. The third-order valence-corrected chi connectivity index (χ3v) is 4.20. The Kier molecular flexibility index (Phi) is 7.49. The van der Waals surface area contributed by atoms with Gasteiger partial charge in [-0.25, -0.2) is 0 Å². The molecule has 1 N–H and O–H groups in total. The van der Waals surface area contributed by atoms with Gasteiger partial charge in [-0.15, -0.1) is 0 Å². The van der Waals surface area contributed by atoms with Crippen LogP contribution in [0.25, 0.3) is 0 Å². The SMILES string of the molecule is CCCCCCNC(=O)C(C)(C(C)C)C(C)C. The van der Waals surface area contributed by atoms with Crippen LogP contribution in [0.5, 0.6) is 0 Å². The predicted octanol–water partition coefficient (Wildman–Crippen LogP) is 4.00. The maximum Gasteiger partial charge on any atom is 0.226 e. The predicted molar refractivity (Wildman–Crippen MR) is 74.9 cm³/mol. The molecule has 1 amide bonds. The van der Waals surface area contributed by atoms with Crippen LogP contribution in [-0.2, 0) is 4.79 Å². The van der Waals surface area contributed by atoms with Gasteiger partial charge in [-0.1, -0.05) is 60.8 Å². The molecule has 0 spiro atoms. The van der Waals surface area contributed by atoms with Crippen LogP contribution in [0.2, 0.25) is 0 Å². The van der Waals surface area contributed by atoms with Crippen molar-refractivity contribution in [2.45, 2.75) is 67.2 Å². The first-order valence-corrected chi connectivity index (χ1v) is 7.15. The molecule has 2 nitrogen and oxygen atoms in total. The van der Waals surface area contributed by atoms with Gasteiger partial charge in [0.25, 0.3) is 0 Å². The first-order chi connectivity index (χ1) is 7.87. The maximum atomic E-state index is 12.3. The van der Waals surface area contributed by atoms with Gasteiger partial charge >= 0.3 is 0 Å². The molecule has 0 aromatic rings. The zero-order valence-electron chi connectivity index (χ0n) is 12.6. The summed E-state index contributed by atoms with van der Waals surface area (Å²) >= 11 is 0. The second-order valence-electron chi connectivity index (χ2n) is 5.91. The van der Waals surface area contributed by atoms with Gasteiger partial charge < -0.3 is 5.32 Å². The molecule has 0 aliphatic heterocycles. The topological polar surface area (TPSA) is 29.1 Å². The molecule has 0 unspecified atom stereocenters. The Morgan fingerprint density at radius 1 is 1.06 bits per heavy atom. The minimum absolute atomic E-state index is 0.221. The van der Waals surface area contributed by atoms with E-state index in [9.17, 15) is 4.79 Å². The fraction of sp³-hybridized carbons (Fsp3) is 0.933. The fourth-order valence-electron chi connectivity index (χ4n) is 2.14. The van der Waals surface area contributed by atoms with Crippen molar-refractivity contribution in [2.75, 3.05) is 6.54 Å². The van der Waals surface area contributed by atoms with Crippen LogP contribution < -0.4 is 5.32 Å². The van der Waals surface area contributed by atoms with Crippen molar-refractivity contribution in [1.82, 2.24) is 5.32 Å². The molecule has 0 aromatic heterocycles. The minimum atomic E-state index is -0.245. The third-order valence-electron chi connectivity index (χ3n) is 4.20. The standard InChI is InChI=1S/C15H31NO/c1-7-8-9-10-11-16-14(17)15(6,12(2)3)13(4)5/h12-13H,7-11H2,1-6H3,(H,16,17). The monoisotopic (exact) mass is 241 g/mol. The van der Waals surface area contributed by atoms with E-state index < -0.39 is 0 Å². The number of hydrogen-bond donors (Lipinski definition) is 1. The molecule has 0 aliphatic rings. The first kappa shape index (κ1) is 16.5. The number of carbonyl (C=O) groups is 1. The Balaban J connectivity index is 4.18. The molecule has 0 rings (SSSR count). The Morgan fingerprint density at radius 3 is 2.00 bits per heavy atom. The summed E-state index contributed by atoms with van der Waals surface area (Å²) in [6.45, 7) is 13.7. The van der Waals surface area contributed by atoms with E-state index in [0.717, 1.165) is 13.0 Å². The molecular formula is C15H31NO. The van der Waals surface area contributed by atoms with Crippen LogP contribution in [0.15, 0.2) is 0 Å². The van der Waals surface area contributed by atoms with Crippen LogP contribution in [0.4, 0.5) is 0 Å². The van der Waals surface area contributed by atoms with E-state index in [0.29, 0.717) is 11.8 Å². The molecule has 2 heteroatoms. The number of hydrogen-bond acceptors (Lipinski definition) is 1. The second-order valence-corrected chi connectivity index (χ2v) is 5.91. The van der Waals surface area contributed by atoms with Gasteiger partial charge in [0.1, 0.15) is 0 Å². The van der Waals surface area contributed by atoms with Gasteiger partial charge in [0.15, 0.2) is 0 Å². The Labute approximate surface area is 108 Å². The first-order valence-electron chi connectivity index (χ1n) is 7.15. The molecule has 0 atom stereocenters. The quantitative estimate of drug-likeness (QED) is 0.639. The molecule has 0 heterocycles. The molecule has 102 valence electrons. The maximum absolute atomic E-state index is 12.3. The van der Waals surface area contributed by atoms with Crippen molar-refractivity contribution in [3.63, 3.8) is 0 Å². The lowest BCUT2D eigenvalue weighted by Gasteiger charge is -2.36. The molecule has 0 fully saturated rings. The van der Waals surface area contributed by atoms with Crippen LogP contribution >= 0.6 is 0 Å². The third kappa shape index (κ3) is 4.69. The Bertz CT molecular complexity index is 213. The van der Waals surface area contributed by atoms with Crippen molar-refractivity contribution >= 4 is 5.91 Å². The van der Waals surface area contributed by atoms with Gasteiger partial charge in [-0.05, 0) is 18.3 Å². The number of nitrogens with one attached hydrogen (secondary N) is 1. The van der Waals surface area contributed by atoms with E-state index in [4.69, 9.17) is 0 Å². The zero-order valence-corrected chi connectivity index (χ0v) is 12.6.